The van der Waals surface area contributed by atoms with Gasteiger partial charge < -0.3 is 0 Å². The first kappa shape index (κ1) is 12.3. The summed E-state index contributed by atoms with van der Waals surface area (Å²) in [5.41, 5.74) is 6.42. The minimum Gasteiger partial charge on any atom is -0.271 e. The van der Waals surface area contributed by atoms with Crippen LogP contribution in [0.15, 0.2) is 42.7 Å². The molecule has 19 heavy (non-hydrogen) atoms. The van der Waals surface area contributed by atoms with Crippen molar-refractivity contribution in [1.29, 1.82) is 0 Å². The minimum absolute atomic E-state index is 0.0233. The van der Waals surface area contributed by atoms with Gasteiger partial charge in [0.15, 0.2) is 0 Å². The second-order valence-electron chi connectivity index (χ2n) is 4.95. The van der Waals surface area contributed by atoms with E-state index in [1.54, 1.807) is 0 Å². The summed E-state index contributed by atoms with van der Waals surface area (Å²) in [5, 5.41) is 0. The van der Waals surface area contributed by atoms with E-state index in [2.05, 4.69) is 21.5 Å². The molecule has 2 heterocycles. The lowest BCUT2D eigenvalue weighted by atomic mass is 9.81. The summed E-state index contributed by atoms with van der Waals surface area (Å²) in [7, 11) is 0. The molecule has 2 aromatic heterocycles. The number of pyridine rings is 2. The van der Waals surface area contributed by atoms with Crippen LogP contribution in [0, 0.1) is 0 Å². The number of hydrazine groups is 1. The lowest BCUT2D eigenvalue weighted by molar-refractivity contribution is 0.393. The smallest absolute Gasteiger partial charge is 0.0715 e. The second kappa shape index (κ2) is 5.47. The highest BCUT2D eigenvalue weighted by Gasteiger charge is 2.30. The van der Waals surface area contributed by atoms with Crippen LogP contribution in [0.2, 0.25) is 0 Å². The first-order valence-electron chi connectivity index (χ1n) is 6.71. The van der Waals surface area contributed by atoms with Gasteiger partial charge in [0.2, 0.25) is 0 Å². The lowest BCUT2D eigenvalue weighted by Gasteiger charge is -2.30. The molecule has 2 atom stereocenters. The van der Waals surface area contributed by atoms with Gasteiger partial charge in [0.1, 0.15) is 0 Å². The molecular formula is C15H18N4. The summed E-state index contributed by atoms with van der Waals surface area (Å²) in [6, 6.07) is 10.1. The lowest BCUT2D eigenvalue weighted by Crippen LogP contribution is -2.35. The molecule has 2 aromatic rings. The Morgan fingerprint density at radius 2 is 2.05 bits per heavy atom. The summed E-state index contributed by atoms with van der Waals surface area (Å²) < 4.78 is 0. The van der Waals surface area contributed by atoms with Gasteiger partial charge in [-0.05, 0) is 43.0 Å². The molecule has 98 valence electrons. The first-order valence-corrected chi connectivity index (χ1v) is 6.71. The average Bonchev–Trinajstić information content (AvgIpc) is 2.49. The van der Waals surface area contributed by atoms with E-state index in [1.807, 2.05) is 36.7 Å². The zero-order valence-corrected chi connectivity index (χ0v) is 10.8. The van der Waals surface area contributed by atoms with Crippen molar-refractivity contribution < 1.29 is 0 Å². The molecule has 3 N–H and O–H groups in total. The van der Waals surface area contributed by atoms with Crippen LogP contribution in [0.5, 0.6) is 0 Å². The van der Waals surface area contributed by atoms with Gasteiger partial charge >= 0.3 is 0 Å². The average molecular weight is 254 g/mol. The van der Waals surface area contributed by atoms with Crippen LogP contribution < -0.4 is 11.3 Å². The van der Waals surface area contributed by atoms with Crippen molar-refractivity contribution in [2.24, 2.45) is 5.84 Å². The van der Waals surface area contributed by atoms with Crippen molar-refractivity contribution in [3.8, 4) is 0 Å². The number of nitrogens with one attached hydrogen (secondary N) is 1. The van der Waals surface area contributed by atoms with E-state index in [9.17, 15) is 0 Å². The number of hydrogen-bond acceptors (Lipinski definition) is 4. The van der Waals surface area contributed by atoms with Gasteiger partial charge in [-0.3, -0.25) is 21.2 Å². The molecule has 0 aromatic carbocycles. The monoisotopic (exact) mass is 254 g/mol. The van der Waals surface area contributed by atoms with Gasteiger partial charge in [-0.1, -0.05) is 12.1 Å². The highest BCUT2D eigenvalue weighted by atomic mass is 15.2. The number of rotatable bonds is 3. The van der Waals surface area contributed by atoms with E-state index in [1.165, 1.54) is 17.7 Å². The summed E-state index contributed by atoms with van der Waals surface area (Å²) in [4.78, 5) is 9.00. The Bertz CT molecular complexity index is 541. The fourth-order valence-corrected chi connectivity index (χ4v) is 2.94. The molecule has 0 amide bonds. The van der Waals surface area contributed by atoms with Crippen molar-refractivity contribution >= 4 is 0 Å². The van der Waals surface area contributed by atoms with Crippen LogP contribution in [0.25, 0.3) is 0 Å². The van der Waals surface area contributed by atoms with Gasteiger partial charge in [-0.15, -0.1) is 0 Å². The highest BCUT2D eigenvalue weighted by Crippen LogP contribution is 2.38. The van der Waals surface area contributed by atoms with Crippen LogP contribution in [-0.2, 0) is 6.42 Å². The number of nitrogens with zero attached hydrogens (tertiary/aromatic N) is 2. The zero-order chi connectivity index (χ0) is 13.1. The maximum atomic E-state index is 5.77. The fraction of sp³-hybridized carbons (Fsp3) is 0.333. The Morgan fingerprint density at radius 3 is 2.84 bits per heavy atom. The molecule has 0 aliphatic heterocycles. The van der Waals surface area contributed by atoms with Gasteiger partial charge in [-0.25, -0.2) is 0 Å². The van der Waals surface area contributed by atoms with Crippen LogP contribution in [-0.4, -0.2) is 9.97 Å². The Balaban J connectivity index is 1.97. The molecular weight excluding hydrogens is 236 g/mol. The van der Waals surface area contributed by atoms with Crippen LogP contribution >= 0.6 is 0 Å². The molecule has 4 heteroatoms. The van der Waals surface area contributed by atoms with Gasteiger partial charge in [0.25, 0.3) is 0 Å². The van der Waals surface area contributed by atoms with Gasteiger partial charge in [-0.2, -0.15) is 0 Å². The third kappa shape index (κ3) is 2.37. The summed E-state index contributed by atoms with van der Waals surface area (Å²) in [6.45, 7) is 0. The van der Waals surface area contributed by atoms with Gasteiger partial charge in [0, 0.05) is 24.0 Å². The molecule has 1 aliphatic rings. The SMILES string of the molecule is NNC(c1ccccn1)C1CCCc2cccnc21. The minimum atomic E-state index is 0.0233. The predicted molar refractivity (Wildman–Crippen MR) is 74.2 cm³/mol. The van der Waals surface area contributed by atoms with Crippen molar-refractivity contribution in [3.63, 3.8) is 0 Å². The summed E-state index contributed by atoms with van der Waals surface area (Å²) >= 11 is 0. The third-order valence-electron chi connectivity index (χ3n) is 3.83. The number of aryl methyl sites for hydroxylation is 1. The van der Waals surface area contributed by atoms with E-state index in [4.69, 9.17) is 5.84 Å². The largest absolute Gasteiger partial charge is 0.271 e. The molecule has 0 bridgehead atoms. The Kier molecular flexibility index (Phi) is 3.53. The first-order chi connectivity index (χ1) is 9.40. The normalized spacial score (nSPS) is 19.7. The Labute approximate surface area is 113 Å². The van der Waals surface area contributed by atoms with Gasteiger partial charge in [0.05, 0.1) is 11.7 Å². The van der Waals surface area contributed by atoms with Crippen molar-refractivity contribution in [2.45, 2.75) is 31.2 Å². The molecule has 4 nitrogen and oxygen atoms in total. The highest BCUT2D eigenvalue weighted by molar-refractivity contribution is 5.29. The molecule has 0 spiro atoms. The Hall–Kier alpha value is -1.78. The Morgan fingerprint density at radius 1 is 1.16 bits per heavy atom. The van der Waals surface area contributed by atoms with Crippen molar-refractivity contribution in [1.82, 2.24) is 15.4 Å². The number of fused-ring (bicyclic) bond motifs is 1. The van der Waals surface area contributed by atoms with E-state index in [0.717, 1.165) is 18.5 Å². The summed E-state index contributed by atoms with van der Waals surface area (Å²) in [5.74, 6) is 6.07. The maximum Gasteiger partial charge on any atom is 0.0715 e. The van der Waals surface area contributed by atoms with E-state index in [-0.39, 0.29) is 6.04 Å². The summed E-state index contributed by atoms with van der Waals surface area (Å²) in [6.07, 6.45) is 7.05. The fourth-order valence-electron chi connectivity index (χ4n) is 2.94. The molecule has 0 fully saturated rings. The molecule has 2 unspecified atom stereocenters. The molecule has 0 saturated heterocycles. The van der Waals surface area contributed by atoms with E-state index >= 15 is 0 Å². The molecule has 3 rings (SSSR count). The van der Waals surface area contributed by atoms with E-state index < -0.39 is 0 Å². The molecule has 1 aliphatic carbocycles. The molecule has 0 radical (unpaired) electrons. The second-order valence-corrected chi connectivity index (χ2v) is 4.95. The number of nitrogens with two attached hydrogens (primary N) is 1. The van der Waals surface area contributed by atoms with E-state index in [0.29, 0.717) is 5.92 Å². The number of aromatic nitrogens is 2. The van der Waals surface area contributed by atoms with Crippen LogP contribution in [0.1, 0.15) is 41.8 Å². The zero-order valence-electron chi connectivity index (χ0n) is 10.8. The quantitative estimate of drug-likeness (QED) is 0.650. The van der Waals surface area contributed by atoms with Crippen molar-refractivity contribution in [3.05, 3.63) is 59.7 Å². The standard InChI is InChI=1S/C15H18N4/c16-19-15(13-8-1-2-9-17-13)12-7-3-5-11-6-4-10-18-14(11)12/h1-2,4,6,8-10,12,15,19H,3,5,7,16H2. The maximum absolute atomic E-state index is 5.77. The van der Waals surface area contributed by atoms with Crippen molar-refractivity contribution in [2.75, 3.05) is 0 Å². The number of hydrogen-bond donors (Lipinski definition) is 2. The topological polar surface area (TPSA) is 63.8 Å². The van der Waals surface area contributed by atoms with Crippen LogP contribution in [0.3, 0.4) is 0 Å². The third-order valence-corrected chi connectivity index (χ3v) is 3.83. The predicted octanol–water partition coefficient (Wildman–Crippen LogP) is 2.10. The molecule has 0 saturated carbocycles. The van der Waals surface area contributed by atoms with Crippen LogP contribution in [0.4, 0.5) is 0 Å².